The highest BCUT2D eigenvalue weighted by Gasteiger charge is 2.36. The summed E-state index contributed by atoms with van der Waals surface area (Å²) in [5, 5.41) is 12.9. The minimum absolute atomic E-state index is 0.188. The van der Waals surface area contributed by atoms with Crippen molar-refractivity contribution in [3.05, 3.63) is 0 Å². The summed E-state index contributed by atoms with van der Waals surface area (Å²) >= 11 is 1.68. The molecule has 3 unspecified atom stereocenters. The second kappa shape index (κ2) is 6.07. The van der Waals surface area contributed by atoms with Crippen LogP contribution in [-0.4, -0.2) is 39.7 Å². The number of carbonyl (C=O) groups excluding carboxylic acids is 1. The first kappa shape index (κ1) is 14.8. The van der Waals surface area contributed by atoms with Gasteiger partial charge in [-0.3, -0.25) is 4.79 Å². The smallest absolute Gasteiger partial charge is 0.237 e. The number of carbonyl (C=O) groups is 1. The fourth-order valence-electron chi connectivity index (χ4n) is 1.53. The van der Waals surface area contributed by atoms with Gasteiger partial charge in [-0.25, -0.2) is 0 Å². The van der Waals surface area contributed by atoms with Gasteiger partial charge in [0, 0.05) is 11.3 Å². The van der Waals surface area contributed by atoms with Gasteiger partial charge in [-0.05, 0) is 38.9 Å². The Labute approximate surface area is 108 Å². The van der Waals surface area contributed by atoms with Gasteiger partial charge in [-0.1, -0.05) is 6.92 Å². The van der Waals surface area contributed by atoms with E-state index in [0.717, 1.165) is 18.6 Å². The van der Waals surface area contributed by atoms with Crippen molar-refractivity contribution < 1.29 is 9.90 Å². The first-order valence-corrected chi connectivity index (χ1v) is 7.27. The third kappa shape index (κ3) is 4.85. The minimum atomic E-state index is -0.605. The van der Waals surface area contributed by atoms with Gasteiger partial charge in [0.05, 0.1) is 11.6 Å². The van der Waals surface area contributed by atoms with Gasteiger partial charge in [0.2, 0.25) is 5.91 Å². The van der Waals surface area contributed by atoms with Gasteiger partial charge >= 0.3 is 0 Å². The molecule has 0 aromatic carbocycles. The molecule has 0 saturated heterocycles. The Balaban J connectivity index is 2.36. The predicted octanol–water partition coefficient (Wildman–Crippen LogP) is 0.875. The monoisotopic (exact) mass is 260 g/mol. The number of primary amides is 1. The summed E-state index contributed by atoms with van der Waals surface area (Å²) in [5.74, 6) is 0.542. The first-order valence-electron chi connectivity index (χ1n) is 6.22. The summed E-state index contributed by atoms with van der Waals surface area (Å²) < 4.78 is 0. The molecule has 1 rings (SSSR count). The summed E-state index contributed by atoms with van der Waals surface area (Å²) in [6, 6.07) is 0.465. The highest BCUT2D eigenvalue weighted by molar-refractivity contribution is 7.99. The maximum Gasteiger partial charge on any atom is 0.237 e. The molecule has 100 valence electrons. The average molecular weight is 260 g/mol. The van der Waals surface area contributed by atoms with Crippen LogP contribution in [0.4, 0.5) is 0 Å². The molecule has 3 atom stereocenters. The third-order valence-corrected chi connectivity index (χ3v) is 4.67. The highest BCUT2D eigenvalue weighted by atomic mass is 32.2. The Morgan fingerprint density at radius 1 is 1.59 bits per heavy atom. The number of hydrogen-bond acceptors (Lipinski definition) is 4. The molecular formula is C12H24N2O2S. The fraction of sp³-hybridized carbons (Fsp3) is 0.917. The number of hydrogen-bond donors (Lipinski definition) is 3. The van der Waals surface area contributed by atoms with Crippen LogP contribution in [0.15, 0.2) is 0 Å². The molecular weight excluding hydrogens is 236 g/mol. The summed E-state index contributed by atoms with van der Waals surface area (Å²) in [4.78, 5) is 11.5. The van der Waals surface area contributed by atoms with E-state index in [-0.39, 0.29) is 17.3 Å². The van der Waals surface area contributed by atoms with E-state index >= 15 is 0 Å². The molecule has 4 nitrogen and oxygen atoms in total. The molecule has 1 amide bonds. The van der Waals surface area contributed by atoms with Gasteiger partial charge in [0.15, 0.2) is 0 Å². The summed E-state index contributed by atoms with van der Waals surface area (Å²) in [6.45, 7) is 5.65. The van der Waals surface area contributed by atoms with Gasteiger partial charge in [0.1, 0.15) is 0 Å². The number of amides is 1. The Hall–Kier alpha value is -0.260. The zero-order valence-electron chi connectivity index (χ0n) is 10.9. The van der Waals surface area contributed by atoms with Crippen LogP contribution in [0.5, 0.6) is 0 Å². The minimum Gasteiger partial charge on any atom is -0.392 e. The van der Waals surface area contributed by atoms with E-state index in [9.17, 15) is 9.90 Å². The van der Waals surface area contributed by atoms with Crippen molar-refractivity contribution in [1.82, 2.24) is 5.32 Å². The quantitative estimate of drug-likeness (QED) is 0.605. The maximum atomic E-state index is 11.5. The number of nitrogens with one attached hydrogen (secondary N) is 1. The predicted molar refractivity (Wildman–Crippen MR) is 72.0 cm³/mol. The lowest BCUT2D eigenvalue weighted by Crippen LogP contribution is -2.54. The van der Waals surface area contributed by atoms with E-state index in [4.69, 9.17) is 5.73 Å². The van der Waals surface area contributed by atoms with E-state index in [1.54, 1.807) is 18.7 Å². The van der Waals surface area contributed by atoms with Crippen LogP contribution in [0.2, 0.25) is 0 Å². The average Bonchev–Trinajstić information content (AvgIpc) is 3.00. The van der Waals surface area contributed by atoms with Crippen LogP contribution >= 0.6 is 11.8 Å². The van der Waals surface area contributed by atoms with Crippen LogP contribution < -0.4 is 11.1 Å². The normalized spacial score (nSPS) is 22.8. The van der Waals surface area contributed by atoms with Crippen LogP contribution in [0.3, 0.4) is 0 Å². The molecule has 0 spiro atoms. The van der Waals surface area contributed by atoms with Gasteiger partial charge < -0.3 is 16.2 Å². The van der Waals surface area contributed by atoms with Gasteiger partial charge in [-0.15, -0.1) is 0 Å². The van der Waals surface area contributed by atoms with Crippen molar-refractivity contribution in [2.24, 2.45) is 5.73 Å². The standard InChI is InChI=1S/C12H24N2O2S/c1-8(15)9(2)17-7-6-12(3,11(13)16)14-10-4-5-10/h8-10,14-15H,4-7H2,1-3H3,(H2,13,16). The second-order valence-corrected chi connectivity index (χ2v) is 6.67. The Bertz CT molecular complexity index is 269. The lowest BCUT2D eigenvalue weighted by atomic mass is 9.98. The molecule has 0 bridgehead atoms. The van der Waals surface area contributed by atoms with E-state index < -0.39 is 5.54 Å². The zero-order valence-corrected chi connectivity index (χ0v) is 11.7. The Morgan fingerprint density at radius 2 is 2.18 bits per heavy atom. The first-order chi connectivity index (χ1) is 7.85. The van der Waals surface area contributed by atoms with E-state index in [2.05, 4.69) is 5.32 Å². The molecule has 4 N–H and O–H groups in total. The van der Waals surface area contributed by atoms with E-state index in [1.165, 1.54) is 0 Å². The van der Waals surface area contributed by atoms with E-state index in [1.807, 2.05) is 13.8 Å². The van der Waals surface area contributed by atoms with Crippen LogP contribution in [0, 0.1) is 0 Å². The van der Waals surface area contributed by atoms with Crippen molar-refractivity contribution in [2.45, 2.75) is 63.0 Å². The summed E-state index contributed by atoms with van der Waals surface area (Å²) in [6.07, 6.45) is 2.66. The summed E-state index contributed by atoms with van der Waals surface area (Å²) in [7, 11) is 0. The lowest BCUT2D eigenvalue weighted by molar-refractivity contribution is -0.124. The zero-order chi connectivity index (χ0) is 13.1. The maximum absolute atomic E-state index is 11.5. The Kier molecular flexibility index (Phi) is 5.28. The number of aliphatic hydroxyl groups excluding tert-OH is 1. The molecule has 0 aromatic rings. The SMILES string of the molecule is CC(O)C(C)SCCC(C)(NC1CC1)C(N)=O. The van der Waals surface area contributed by atoms with E-state index in [0.29, 0.717) is 12.5 Å². The third-order valence-electron chi connectivity index (χ3n) is 3.31. The number of thioether (sulfide) groups is 1. The molecule has 0 heterocycles. The van der Waals surface area contributed by atoms with Crippen LogP contribution in [0.25, 0.3) is 0 Å². The number of rotatable bonds is 8. The molecule has 1 fully saturated rings. The lowest BCUT2D eigenvalue weighted by Gasteiger charge is -2.28. The molecule has 17 heavy (non-hydrogen) atoms. The summed E-state index contributed by atoms with van der Waals surface area (Å²) in [5.41, 5.74) is 4.86. The van der Waals surface area contributed by atoms with Gasteiger partial charge in [0.25, 0.3) is 0 Å². The Morgan fingerprint density at radius 3 is 2.59 bits per heavy atom. The topological polar surface area (TPSA) is 75.3 Å². The molecule has 1 aliphatic carbocycles. The fourth-order valence-corrected chi connectivity index (χ4v) is 2.71. The van der Waals surface area contributed by atoms with Crippen molar-refractivity contribution in [2.75, 3.05) is 5.75 Å². The number of nitrogens with two attached hydrogens (primary N) is 1. The van der Waals surface area contributed by atoms with Crippen molar-refractivity contribution >= 4 is 17.7 Å². The number of aliphatic hydroxyl groups is 1. The molecule has 5 heteroatoms. The van der Waals surface area contributed by atoms with Crippen molar-refractivity contribution in [1.29, 1.82) is 0 Å². The molecule has 0 aromatic heterocycles. The molecule has 0 aliphatic heterocycles. The largest absolute Gasteiger partial charge is 0.392 e. The van der Waals surface area contributed by atoms with Gasteiger partial charge in [-0.2, -0.15) is 11.8 Å². The van der Waals surface area contributed by atoms with Crippen molar-refractivity contribution in [3.63, 3.8) is 0 Å². The van der Waals surface area contributed by atoms with Crippen LogP contribution in [-0.2, 0) is 4.79 Å². The van der Waals surface area contributed by atoms with Crippen molar-refractivity contribution in [3.8, 4) is 0 Å². The molecule has 0 radical (unpaired) electrons. The van der Waals surface area contributed by atoms with Crippen LogP contribution in [0.1, 0.15) is 40.0 Å². The highest BCUT2D eigenvalue weighted by Crippen LogP contribution is 2.26. The second-order valence-electron chi connectivity index (χ2n) is 5.18. The molecule has 1 aliphatic rings. The molecule has 1 saturated carbocycles.